The zero-order valence-electron chi connectivity index (χ0n) is 15.3. The molecule has 0 saturated carbocycles. The van der Waals surface area contributed by atoms with Crippen molar-refractivity contribution < 1.29 is 18.8 Å². The molecule has 2 aromatic carbocycles. The van der Waals surface area contributed by atoms with Crippen LogP contribution in [0, 0.1) is 19.7 Å². The maximum absolute atomic E-state index is 13.2. The molecule has 7 heteroatoms. The molecule has 1 saturated heterocycles. The molecule has 140 valence electrons. The second-order valence-electron chi connectivity index (χ2n) is 6.82. The first-order chi connectivity index (χ1) is 12.7. The highest BCUT2D eigenvalue weighted by Crippen LogP contribution is 2.29. The highest BCUT2D eigenvalue weighted by atomic mass is 19.1. The zero-order valence-corrected chi connectivity index (χ0v) is 15.3. The van der Waals surface area contributed by atoms with E-state index in [4.69, 9.17) is 0 Å². The summed E-state index contributed by atoms with van der Waals surface area (Å²) in [6.45, 7) is 4.88. The van der Waals surface area contributed by atoms with Gasteiger partial charge in [-0.1, -0.05) is 24.3 Å². The second-order valence-corrected chi connectivity index (χ2v) is 6.82. The maximum Gasteiger partial charge on any atom is 0.325 e. The van der Waals surface area contributed by atoms with Crippen LogP contribution < -0.4 is 10.6 Å². The monoisotopic (exact) mass is 369 g/mol. The summed E-state index contributed by atoms with van der Waals surface area (Å²) < 4.78 is 13.2. The van der Waals surface area contributed by atoms with Crippen LogP contribution >= 0.6 is 0 Å². The van der Waals surface area contributed by atoms with E-state index in [0.717, 1.165) is 16.0 Å². The van der Waals surface area contributed by atoms with Crippen molar-refractivity contribution in [3.63, 3.8) is 0 Å². The lowest BCUT2D eigenvalue weighted by molar-refractivity contribution is -0.133. The molecule has 4 amide bonds. The molecule has 1 aliphatic heterocycles. The van der Waals surface area contributed by atoms with E-state index < -0.39 is 35.7 Å². The fourth-order valence-electron chi connectivity index (χ4n) is 3.02. The number of hydrogen-bond acceptors (Lipinski definition) is 3. The van der Waals surface area contributed by atoms with Crippen molar-refractivity contribution in [1.82, 2.24) is 10.2 Å². The highest BCUT2D eigenvalue weighted by Gasteiger charge is 2.49. The number of carbonyl (C=O) groups excluding carboxylic acids is 3. The first kappa shape index (κ1) is 18.6. The molecule has 0 aromatic heterocycles. The van der Waals surface area contributed by atoms with Gasteiger partial charge in [-0.2, -0.15) is 0 Å². The van der Waals surface area contributed by atoms with Gasteiger partial charge in [-0.3, -0.25) is 14.5 Å². The molecule has 0 bridgehead atoms. The summed E-state index contributed by atoms with van der Waals surface area (Å²) in [7, 11) is 0. The second kappa shape index (κ2) is 6.83. The largest absolute Gasteiger partial charge is 0.325 e. The number of anilines is 1. The van der Waals surface area contributed by atoms with Crippen molar-refractivity contribution in [2.75, 3.05) is 11.9 Å². The number of imide groups is 1. The normalized spacial score (nSPS) is 19.2. The van der Waals surface area contributed by atoms with Crippen molar-refractivity contribution in [2.24, 2.45) is 0 Å². The van der Waals surface area contributed by atoms with Crippen LogP contribution in [0.5, 0.6) is 0 Å². The molecule has 1 atom stereocenters. The Bertz CT molecular complexity index is 927. The van der Waals surface area contributed by atoms with E-state index in [2.05, 4.69) is 10.6 Å². The molecule has 3 rings (SSSR count). The summed E-state index contributed by atoms with van der Waals surface area (Å²) in [5.41, 5.74) is 1.59. The Morgan fingerprint density at radius 2 is 1.81 bits per heavy atom. The van der Waals surface area contributed by atoms with Crippen LogP contribution in [0.3, 0.4) is 0 Å². The molecular formula is C20H20FN3O3. The number of nitrogens with zero attached hydrogens (tertiary/aromatic N) is 1. The number of hydrogen-bond donors (Lipinski definition) is 2. The van der Waals surface area contributed by atoms with E-state index in [0.29, 0.717) is 11.3 Å². The van der Waals surface area contributed by atoms with Crippen LogP contribution in [-0.2, 0) is 15.1 Å². The first-order valence-electron chi connectivity index (χ1n) is 8.48. The molecule has 6 nitrogen and oxygen atoms in total. The number of rotatable bonds is 4. The average molecular weight is 369 g/mol. The topological polar surface area (TPSA) is 78.5 Å². The average Bonchev–Trinajstić information content (AvgIpc) is 2.83. The van der Waals surface area contributed by atoms with Crippen LogP contribution in [0.4, 0.5) is 14.9 Å². The Kier molecular flexibility index (Phi) is 4.70. The molecule has 1 heterocycles. The molecule has 0 aliphatic carbocycles. The van der Waals surface area contributed by atoms with E-state index in [1.807, 2.05) is 32.0 Å². The van der Waals surface area contributed by atoms with Gasteiger partial charge in [0.15, 0.2) is 0 Å². The third-order valence-corrected chi connectivity index (χ3v) is 4.67. The fraction of sp³-hybridized carbons (Fsp3) is 0.250. The van der Waals surface area contributed by atoms with Gasteiger partial charge in [0.2, 0.25) is 5.91 Å². The van der Waals surface area contributed by atoms with Gasteiger partial charge in [-0.05, 0) is 55.7 Å². The van der Waals surface area contributed by atoms with Gasteiger partial charge in [0.1, 0.15) is 17.9 Å². The van der Waals surface area contributed by atoms with E-state index in [1.165, 1.54) is 31.2 Å². The number of nitrogens with one attached hydrogen (secondary N) is 2. The molecule has 27 heavy (non-hydrogen) atoms. The minimum Gasteiger partial charge on any atom is -0.324 e. The highest BCUT2D eigenvalue weighted by molar-refractivity contribution is 6.10. The molecule has 0 radical (unpaired) electrons. The minimum atomic E-state index is -1.34. The van der Waals surface area contributed by atoms with Gasteiger partial charge >= 0.3 is 6.03 Å². The van der Waals surface area contributed by atoms with Gasteiger partial charge < -0.3 is 10.6 Å². The Morgan fingerprint density at radius 1 is 1.15 bits per heavy atom. The number of benzene rings is 2. The summed E-state index contributed by atoms with van der Waals surface area (Å²) >= 11 is 0. The lowest BCUT2D eigenvalue weighted by atomic mass is 9.92. The van der Waals surface area contributed by atoms with Crippen molar-refractivity contribution in [3.05, 3.63) is 65.0 Å². The Morgan fingerprint density at radius 3 is 2.48 bits per heavy atom. The summed E-state index contributed by atoms with van der Waals surface area (Å²) in [5.74, 6) is -1.48. The predicted octanol–water partition coefficient (Wildman–Crippen LogP) is 2.85. The van der Waals surface area contributed by atoms with E-state index in [1.54, 1.807) is 0 Å². The number of carbonyl (C=O) groups is 3. The van der Waals surface area contributed by atoms with Gasteiger partial charge in [0, 0.05) is 5.69 Å². The molecule has 0 spiro atoms. The molecular weight excluding hydrogens is 349 g/mol. The molecule has 1 fully saturated rings. The Labute approximate surface area is 156 Å². The third kappa shape index (κ3) is 3.53. The van der Waals surface area contributed by atoms with Crippen molar-refractivity contribution >= 4 is 23.5 Å². The number of aryl methyl sites for hydroxylation is 2. The summed E-state index contributed by atoms with van der Waals surface area (Å²) in [5, 5.41) is 5.32. The molecule has 2 N–H and O–H groups in total. The van der Waals surface area contributed by atoms with Crippen LogP contribution in [-0.4, -0.2) is 29.3 Å². The molecule has 1 aliphatic rings. The number of halogens is 1. The lowest BCUT2D eigenvalue weighted by Crippen LogP contribution is -2.42. The van der Waals surface area contributed by atoms with Crippen LogP contribution in [0.2, 0.25) is 0 Å². The first-order valence-corrected chi connectivity index (χ1v) is 8.48. The lowest BCUT2D eigenvalue weighted by Gasteiger charge is -2.22. The van der Waals surface area contributed by atoms with E-state index in [-0.39, 0.29) is 0 Å². The van der Waals surface area contributed by atoms with Gasteiger partial charge in [0.05, 0.1) is 0 Å². The summed E-state index contributed by atoms with van der Waals surface area (Å²) in [6.07, 6.45) is 0. The van der Waals surface area contributed by atoms with Crippen LogP contribution in [0.15, 0.2) is 42.5 Å². The number of urea groups is 1. The van der Waals surface area contributed by atoms with Crippen LogP contribution in [0.25, 0.3) is 0 Å². The Balaban J connectivity index is 1.76. The van der Waals surface area contributed by atoms with E-state index >= 15 is 0 Å². The van der Waals surface area contributed by atoms with Gasteiger partial charge in [-0.15, -0.1) is 0 Å². The SMILES string of the molecule is Cc1ccc(C)c(NC(=O)CN2C(=O)NC(C)(c3ccc(F)cc3)C2=O)c1. The fourth-order valence-corrected chi connectivity index (χ4v) is 3.02. The Hall–Kier alpha value is -3.22. The van der Waals surface area contributed by atoms with Gasteiger partial charge in [0.25, 0.3) is 5.91 Å². The van der Waals surface area contributed by atoms with Crippen LogP contribution in [0.1, 0.15) is 23.6 Å². The van der Waals surface area contributed by atoms with Gasteiger partial charge in [-0.25, -0.2) is 9.18 Å². The minimum absolute atomic E-state index is 0.408. The predicted molar refractivity (Wildman–Crippen MR) is 98.5 cm³/mol. The van der Waals surface area contributed by atoms with E-state index in [9.17, 15) is 18.8 Å². The summed E-state index contributed by atoms with van der Waals surface area (Å²) in [4.78, 5) is 38.3. The summed E-state index contributed by atoms with van der Waals surface area (Å²) in [6, 6.07) is 10.3. The third-order valence-electron chi connectivity index (χ3n) is 4.67. The maximum atomic E-state index is 13.2. The smallest absolute Gasteiger partial charge is 0.324 e. The van der Waals surface area contributed by atoms with Crippen molar-refractivity contribution in [3.8, 4) is 0 Å². The number of amides is 4. The molecule has 2 aromatic rings. The standard InChI is InChI=1S/C20H20FN3O3/c1-12-4-5-13(2)16(10-12)22-17(25)11-24-18(26)20(3,23-19(24)27)14-6-8-15(21)9-7-14/h4-10H,11H2,1-3H3,(H,22,25)(H,23,27). The van der Waals surface area contributed by atoms with Crippen molar-refractivity contribution in [1.29, 1.82) is 0 Å². The zero-order chi connectivity index (χ0) is 19.8. The van der Waals surface area contributed by atoms with Crippen molar-refractivity contribution in [2.45, 2.75) is 26.3 Å². The molecule has 1 unspecified atom stereocenters. The quantitative estimate of drug-likeness (QED) is 0.814.